The Morgan fingerprint density at radius 1 is 1.53 bits per heavy atom. The number of nitrogens with two attached hydrogens (primary N) is 1. The molecule has 0 saturated carbocycles. The van der Waals surface area contributed by atoms with Crippen molar-refractivity contribution in [2.24, 2.45) is 5.73 Å². The van der Waals surface area contributed by atoms with Gasteiger partial charge in [0, 0.05) is 6.54 Å². The molecule has 106 valence electrons. The van der Waals surface area contributed by atoms with Gasteiger partial charge in [-0.2, -0.15) is 0 Å². The third kappa shape index (κ3) is 4.49. The first kappa shape index (κ1) is 16.0. The summed E-state index contributed by atoms with van der Waals surface area (Å²) in [7, 11) is 0. The Labute approximate surface area is 120 Å². The molecule has 0 spiro atoms. The third-order valence-corrected chi connectivity index (χ3v) is 2.69. The van der Waals surface area contributed by atoms with E-state index >= 15 is 0 Å². The van der Waals surface area contributed by atoms with Crippen LogP contribution in [0.1, 0.15) is 23.1 Å². The van der Waals surface area contributed by atoms with E-state index in [1.165, 1.54) is 0 Å². The maximum absolute atomic E-state index is 12.2. The molecule has 1 heterocycles. The summed E-state index contributed by atoms with van der Waals surface area (Å²) in [6.07, 6.45) is -4.85. The molecule has 0 amide bonds. The van der Waals surface area contributed by atoms with Crippen LogP contribution in [0.25, 0.3) is 0 Å². The maximum atomic E-state index is 12.2. The van der Waals surface area contributed by atoms with Gasteiger partial charge in [0.25, 0.3) is 0 Å². The minimum Gasteiger partial charge on any atom is -0.461 e. The van der Waals surface area contributed by atoms with Gasteiger partial charge in [-0.05, 0) is 35.6 Å². The van der Waals surface area contributed by atoms with Crippen LogP contribution in [0.2, 0.25) is 0 Å². The molecule has 0 atom stereocenters. The number of hydrogen-bond acceptors (Lipinski definition) is 5. The third-order valence-electron chi connectivity index (χ3n) is 1.89. The second kappa shape index (κ2) is 6.37. The molecule has 1 rings (SSSR count). The number of carbonyl (C=O) groups is 1. The number of nitrogens with zero attached hydrogens (tertiary/aromatic N) is 1. The van der Waals surface area contributed by atoms with Crippen LogP contribution in [0.5, 0.6) is 5.75 Å². The highest BCUT2D eigenvalue weighted by Crippen LogP contribution is 2.30. The maximum Gasteiger partial charge on any atom is 0.573 e. The normalized spacial score (nSPS) is 11.3. The van der Waals surface area contributed by atoms with Gasteiger partial charge < -0.3 is 15.2 Å². The van der Waals surface area contributed by atoms with Crippen LogP contribution >= 0.6 is 22.6 Å². The first-order chi connectivity index (χ1) is 8.78. The Hall–Kier alpha value is -1.10. The van der Waals surface area contributed by atoms with Crippen LogP contribution in [0, 0.1) is 3.57 Å². The Kier molecular flexibility index (Phi) is 5.35. The molecule has 0 aliphatic carbocycles. The number of carbonyl (C=O) groups excluding carboxylic acids is 1. The summed E-state index contributed by atoms with van der Waals surface area (Å²) >= 11 is 1.61. The van der Waals surface area contributed by atoms with E-state index in [1.54, 1.807) is 29.5 Å². The predicted octanol–water partition coefficient (Wildman–Crippen LogP) is 2.22. The molecule has 0 aromatic carbocycles. The molecule has 9 heteroatoms. The van der Waals surface area contributed by atoms with Gasteiger partial charge in [-0.3, -0.25) is 0 Å². The highest BCUT2D eigenvalue weighted by atomic mass is 127. The molecule has 0 aliphatic heterocycles. The fraction of sp³-hybridized carbons (Fsp3) is 0.400. The monoisotopic (exact) mass is 390 g/mol. The fourth-order valence-corrected chi connectivity index (χ4v) is 1.94. The second-order valence-corrected chi connectivity index (χ2v) is 4.40. The van der Waals surface area contributed by atoms with Crippen LogP contribution in [0.4, 0.5) is 13.2 Å². The molecular weight excluding hydrogens is 380 g/mol. The number of ether oxygens (including phenoxy) is 2. The molecule has 2 N–H and O–H groups in total. The average Bonchev–Trinajstić information content (AvgIpc) is 2.30. The number of halogens is 4. The number of alkyl halides is 3. The lowest BCUT2D eigenvalue weighted by molar-refractivity contribution is -0.275. The van der Waals surface area contributed by atoms with Crippen LogP contribution < -0.4 is 10.5 Å². The molecule has 0 fully saturated rings. The SMILES string of the molecule is CCOC(=O)c1cc(I)c(OC(F)(F)F)c(CN)n1. The van der Waals surface area contributed by atoms with E-state index in [9.17, 15) is 18.0 Å². The quantitative estimate of drug-likeness (QED) is 0.631. The average molecular weight is 390 g/mol. The second-order valence-electron chi connectivity index (χ2n) is 3.24. The highest BCUT2D eigenvalue weighted by molar-refractivity contribution is 14.1. The van der Waals surface area contributed by atoms with E-state index in [0.29, 0.717) is 0 Å². The Bertz CT molecular complexity index is 480. The molecule has 1 aromatic rings. The minimum atomic E-state index is -4.85. The topological polar surface area (TPSA) is 74.4 Å². The summed E-state index contributed by atoms with van der Waals surface area (Å²) in [5.41, 5.74) is 5.05. The van der Waals surface area contributed by atoms with Crippen molar-refractivity contribution in [1.29, 1.82) is 0 Å². The largest absolute Gasteiger partial charge is 0.573 e. The van der Waals surface area contributed by atoms with Crippen LogP contribution in [0.3, 0.4) is 0 Å². The van der Waals surface area contributed by atoms with E-state index in [0.717, 1.165) is 6.07 Å². The van der Waals surface area contributed by atoms with Crippen molar-refractivity contribution >= 4 is 28.6 Å². The molecule has 0 unspecified atom stereocenters. The first-order valence-electron chi connectivity index (χ1n) is 5.10. The van der Waals surface area contributed by atoms with E-state index in [2.05, 4.69) is 9.72 Å². The fourth-order valence-electron chi connectivity index (χ4n) is 1.22. The van der Waals surface area contributed by atoms with E-state index < -0.39 is 18.1 Å². The number of pyridine rings is 1. The first-order valence-corrected chi connectivity index (χ1v) is 6.18. The Balaban J connectivity index is 3.18. The summed E-state index contributed by atoms with van der Waals surface area (Å²) in [4.78, 5) is 15.2. The molecular formula is C10H10F3IN2O3. The smallest absolute Gasteiger partial charge is 0.461 e. The standard InChI is InChI=1S/C10H10F3IN2O3/c1-2-18-9(17)6-3-5(14)8(7(4-15)16-6)19-10(11,12)13/h3H,2,4,15H2,1H3. The van der Waals surface area contributed by atoms with Crippen molar-refractivity contribution in [1.82, 2.24) is 4.98 Å². The molecule has 0 bridgehead atoms. The van der Waals surface area contributed by atoms with Gasteiger partial charge in [-0.15, -0.1) is 13.2 Å². The van der Waals surface area contributed by atoms with Gasteiger partial charge in [0.2, 0.25) is 0 Å². The number of hydrogen-bond donors (Lipinski definition) is 1. The highest BCUT2D eigenvalue weighted by Gasteiger charge is 2.33. The van der Waals surface area contributed by atoms with E-state index in [-0.39, 0.29) is 28.1 Å². The van der Waals surface area contributed by atoms with E-state index in [4.69, 9.17) is 10.5 Å². The summed E-state index contributed by atoms with van der Waals surface area (Å²) in [6.45, 7) is 1.44. The van der Waals surface area contributed by atoms with Gasteiger partial charge in [-0.25, -0.2) is 9.78 Å². The lowest BCUT2D eigenvalue weighted by Gasteiger charge is -2.14. The minimum absolute atomic E-state index is 0.0772. The molecule has 0 saturated heterocycles. The zero-order chi connectivity index (χ0) is 14.6. The Morgan fingerprint density at radius 3 is 2.63 bits per heavy atom. The molecule has 0 aliphatic rings. The van der Waals surface area contributed by atoms with Crippen molar-refractivity contribution in [2.45, 2.75) is 19.8 Å². The zero-order valence-corrected chi connectivity index (χ0v) is 11.9. The molecule has 1 aromatic heterocycles. The number of aromatic nitrogens is 1. The van der Waals surface area contributed by atoms with Crippen molar-refractivity contribution in [2.75, 3.05) is 6.61 Å². The lowest BCUT2D eigenvalue weighted by Crippen LogP contribution is -2.21. The predicted molar refractivity (Wildman–Crippen MR) is 67.5 cm³/mol. The van der Waals surface area contributed by atoms with Gasteiger partial charge in [0.05, 0.1) is 15.9 Å². The summed E-state index contributed by atoms with van der Waals surface area (Å²) in [6, 6.07) is 1.15. The van der Waals surface area contributed by atoms with Crippen LogP contribution in [0.15, 0.2) is 6.07 Å². The Morgan fingerprint density at radius 2 is 2.16 bits per heavy atom. The molecule has 0 radical (unpaired) electrons. The van der Waals surface area contributed by atoms with Gasteiger partial charge in [0.1, 0.15) is 5.69 Å². The van der Waals surface area contributed by atoms with Crippen molar-refractivity contribution in [3.8, 4) is 5.75 Å². The lowest BCUT2D eigenvalue weighted by atomic mass is 10.2. The van der Waals surface area contributed by atoms with Crippen LogP contribution in [-0.4, -0.2) is 23.9 Å². The van der Waals surface area contributed by atoms with Gasteiger partial charge in [-0.1, -0.05) is 0 Å². The summed E-state index contributed by atoms with van der Waals surface area (Å²) in [5.74, 6) is -1.22. The van der Waals surface area contributed by atoms with Crippen molar-refractivity contribution in [3.63, 3.8) is 0 Å². The van der Waals surface area contributed by atoms with Crippen molar-refractivity contribution < 1.29 is 27.4 Å². The molecule has 19 heavy (non-hydrogen) atoms. The van der Waals surface area contributed by atoms with E-state index in [1.807, 2.05) is 0 Å². The number of rotatable bonds is 4. The van der Waals surface area contributed by atoms with Crippen LogP contribution in [-0.2, 0) is 11.3 Å². The summed E-state index contributed by atoms with van der Waals surface area (Å²) in [5, 5.41) is 0. The summed E-state index contributed by atoms with van der Waals surface area (Å²) < 4.78 is 45.3. The van der Waals surface area contributed by atoms with Gasteiger partial charge in [0.15, 0.2) is 5.75 Å². The molecule has 5 nitrogen and oxygen atoms in total. The zero-order valence-electron chi connectivity index (χ0n) is 9.75. The van der Waals surface area contributed by atoms with Crippen molar-refractivity contribution in [3.05, 3.63) is 21.0 Å². The van der Waals surface area contributed by atoms with Gasteiger partial charge >= 0.3 is 12.3 Å². The number of esters is 1.